The van der Waals surface area contributed by atoms with Gasteiger partial charge in [0.05, 0.1) is 5.69 Å². The standard InChI is InChI=1S/C9H12N4S.ClH/c1-12-8(10)13(9(11)14)7-5-3-2-4-6-7;/h2-6H,1H3,(H2,10,12)(H2,11,14);1H. The molecule has 0 aromatic heterocycles. The van der Waals surface area contributed by atoms with E-state index in [4.69, 9.17) is 23.7 Å². The number of hydrogen-bond donors (Lipinski definition) is 2. The van der Waals surface area contributed by atoms with Gasteiger partial charge in [-0.15, -0.1) is 12.4 Å². The van der Waals surface area contributed by atoms with Gasteiger partial charge in [0.2, 0.25) is 5.96 Å². The van der Waals surface area contributed by atoms with Crippen LogP contribution in [-0.4, -0.2) is 18.1 Å². The molecular weight excluding hydrogens is 232 g/mol. The molecule has 0 atom stereocenters. The van der Waals surface area contributed by atoms with Crippen LogP contribution < -0.4 is 16.4 Å². The minimum absolute atomic E-state index is 0. The van der Waals surface area contributed by atoms with Crippen LogP contribution in [0, 0.1) is 0 Å². The van der Waals surface area contributed by atoms with Gasteiger partial charge in [-0.05, 0) is 24.4 Å². The molecule has 6 heteroatoms. The van der Waals surface area contributed by atoms with Gasteiger partial charge < -0.3 is 11.5 Å². The monoisotopic (exact) mass is 244 g/mol. The molecule has 1 aromatic carbocycles. The molecule has 0 saturated carbocycles. The van der Waals surface area contributed by atoms with E-state index in [1.807, 2.05) is 30.3 Å². The first-order valence-corrected chi connectivity index (χ1v) is 4.44. The fourth-order valence-electron chi connectivity index (χ4n) is 1.05. The van der Waals surface area contributed by atoms with Gasteiger partial charge in [0.1, 0.15) is 0 Å². The fraction of sp³-hybridized carbons (Fsp3) is 0.111. The second-order valence-electron chi connectivity index (χ2n) is 2.59. The highest BCUT2D eigenvalue weighted by Gasteiger charge is 2.11. The molecule has 0 spiro atoms. The molecule has 0 heterocycles. The maximum absolute atomic E-state index is 5.66. The van der Waals surface area contributed by atoms with E-state index in [0.29, 0.717) is 0 Å². The molecule has 0 saturated heterocycles. The van der Waals surface area contributed by atoms with Crippen LogP contribution >= 0.6 is 24.6 Å². The lowest BCUT2D eigenvalue weighted by molar-refractivity contribution is 1.29. The normalized spacial score (nSPS) is 10.3. The highest BCUT2D eigenvalue weighted by Crippen LogP contribution is 2.12. The van der Waals surface area contributed by atoms with Crippen molar-refractivity contribution in [3.05, 3.63) is 30.3 Å². The molecule has 15 heavy (non-hydrogen) atoms. The number of nitrogens with two attached hydrogens (primary N) is 2. The van der Waals surface area contributed by atoms with Crippen LogP contribution in [0.3, 0.4) is 0 Å². The molecule has 0 unspecified atom stereocenters. The van der Waals surface area contributed by atoms with E-state index in [9.17, 15) is 0 Å². The number of anilines is 1. The summed E-state index contributed by atoms with van der Waals surface area (Å²) in [4.78, 5) is 5.35. The summed E-state index contributed by atoms with van der Waals surface area (Å²) in [6.45, 7) is 0. The zero-order chi connectivity index (χ0) is 10.6. The Bertz CT molecular complexity index is 352. The third-order valence-electron chi connectivity index (χ3n) is 1.69. The molecule has 0 amide bonds. The van der Waals surface area contributed by atoms with Gasteiger partial charge in [-0.2, -0.15) is 0 Å². The number of nitrogens with zero attached hydrogens (tertiary/aromatic N) is 2. The van der Waals surface area contributed by atoms with Crippen LogP contribution in [-0.2, 0) is 0 Å². The fourth-order valence-corrected chi connectivity index (χ4v) is 1.25. The van der Waals surface area contributed by atoms with Crippen molar-refractivity contribution in [3.8, 4) is 0 Å². The number of hydrogen-bond acceptors (Lipinski definition) is 2. The minimum Gasteiger partial charge on any atom is -0.376 e. The van der Waals surface area contributed by atoms with Crippen molar-refractivity contribution in [2.45, 2.75) is 0 Å². The first-order valence-electron chi connectivity index (χ1n) is 4.03. The average Bonchev–Trinajstić information content (AvgIpc) is 2.19. The van der Waals surface area contributed by atoms with Gasteiger partial charge in [0, 0.05) is 7.05 Å². The quantitative estimate of drug-likeness (QED) is 0.441. The van der Waals surface area contributed by atoms with Crippen molar-refractivity contribution >= 4 is 41.4 Å². The first kappa shape index (κ1) is 13.7. The largest absolute Gasteiger partial charge is 0.376 e. The molecule has 4 nitrogen and oxygen atoms in total. The van der Waals surface area contributed by atoms with Gasteiger partial charge in [-0.1, -0.05) is 18.2 Å². The Balaban J connectivity index is 0.00000196. The number of guanidine groups is 1. The molecule has 1 rings (SSSR count). The maximum Gasteiger partial charge on any atom is 0.202 e. The molecule has 1 aromatic rings. The van der Waals surface area contributed by atoms with Gasteiger partial charge in [-0.25, -0.2) is 0 Å². The van der Waals surface area contributed by atoms with Crippen LogP contribution in [0.5, 0.6) is 0 Å². The third-order valence-corrected chi connectivity index (χ3v) is 1.88. The summed E-state index contributed by atoms with van der Waals surface area (Å²) in [7, 11) is 1.59. The Morgan fingerprint density at radius 3 is 2.20 bits per heavy atom. The number of thiocarbonyl (C=S) groups is 1. The molecule has 4 N–H and O–H groups in total. The van der Waals surface area contributed by atoms with Crippen molar-refractivity contribution in [1.29, 1.82) is 0 Å². The molecule has 0 aliphatic rings. The molecular formula is C9H13ClN4S. The molecule has 0 aliphatic carbocycles. The van der Waals surface area contributed by atoms with Gasteiger partial charge in [0.25, 0.3) is 0 Å². The van der Waals surface area contributed by atoms with Crippen LogP contribution in [0.2, 0.25) is 0 Å². The SMILES string of the molecule is CN=C(N)N(C(N)=S)c1ccccc1.Cl. The number of benzene rings is 1. The third kappa shape index (κ3) is 3.38. The number of rotatable bonds is 1. The second kappa shape index (κ2) is 6.21. The number of aliphatic imine (C=N–C) groups is 1. The Labute approximate surface area is 100 Å². The Kier molecular flexibility index (Phi) is 5.66. The molecule has 0 bridgehead atoms. The Hall–Kier alpha value is -1.33. The molecule has 0 radical (unpaired) electrons. The van der Waals surface area contributed by atoms with Crippen molar-refractivity contribution in [2.24, 2.45) is 16.5 Å². The van der Waals surface area contributed by atoms with E-state index in [0.717, 1.165) is 5.69 Å². The van der Waals surface area contributed by atoms with Crippen LogP contribution in [0.25, 0.3) is 0 Å². The minimum atomic E-state index is 0. The predicted molar refractivity (Wildman–Crippen MR) is 70.5 cm³/mol. The smallest absolute Gasteiger partial charge is 0.202 e. The summed E-state index contributed by atoms with van der Waals surface area (Å²) in [5.41, 5.74) is 12.0. The zero-order valence-corrected chi connectivity index (χ0v) is 9.89. The topological polar surface area (TPSA) is 67.6 Å². The van der Waals surface area contributed by atoms with Crippen molar-refractivity contribution < 1.29 is 0 Å². The van der Waals surface area contributed by atoms with Crippen LogP contribution in [0.1, 0.15) is 0 Å². The summed E-state index contributed by atoms with van der Waals surface area (Å²) >= 11 is 4.88. The van der Waals surface area contributed by atoms with E-state index >= 15 is 0 Å². The maximum atomic E-state index is 5.66. The first-order chi connectivity index (χ1) is 6.66. The summed E-state index contributed by atoms with van der Waals surface area (Å²) in [5.74, 6) is 0.281. The lowest BCUT2D eigenvalue weighted by atomic mass is 10.3. The van der Waals surface area contributed by atoms with E-state index in [-0.39, 0.29) is 23.5 Å². The van der Waals surface area contributed by atoms with E-state index in [1.54, 1.807) is 7.05 Å². The van der Waals surface area contributed by atoms with Gasteiger partial charge >= 0.3 is 0 Å². The Morgan fingerprint density at radius 1 is 1.27 bits per heavy atom. The van der Waals surface area contributed by atoms with Gasteiger partial charge in [0.15, 0.2) is 5.11 Å². The average molecular weight is 245 g/mol. The zero-order valence-electron chi connectivity index (χ0n) is 8.25. The van der Waals surface area contributed by atoms with E-state index < -0.39 is 0 Å². The summed E-state index contributed by atoms with van der Waals surface area (Å²) in [6, 6.07) is 9.38. The van der Waals surface area contributed by atoms with Crippen LogP contribution in [0.15, 0.2) is 35.3 Å². The molecule has 82 valence electrons. The Morgan fingerprint density at radius 2 is 1.80 bits per heavy atom. The molecule has 0 fully saturated rings. The highest BCUT2D eigenvalue weighted by atomic mass is 35.5. The summed E-state index contributed by atoms with van der Waals surface area (Å²) in [5, 5.41) is 0.180. The van der Waals surface area contributed by atoms with Gasteiger partial charge in [-0.3, -0.25) is 9.89 Å². The lowest BCUT2D eigenvalue weighted by Crippen LogP contribution is -2.45. The summed E-state index contributed by atoms with van der Waals surface area (Å²) in [6.07, 6.45) is 0. The van der Waals surface area contributed by atoms with E-state index in [2.05, 4.69) is 4.99 Å². The number of para-hydroxylation sites is 1. The second-order valence-corrected chi connectivity index (χ2v) is 3.01. The van der Waals surface area contributed by atoms with Crippen molar-refractivity contribution in [3.63, 3.8) is 0 Å². The predicted octanol–water partition coefficient (Wildman–Crippen LogP) is 1.10. The molecule has 0 aliphatic heterocycles. The van der Waals surface area contributed by atoms with Crippen molar-refractivity contribution in [1.82, 2.24) is 0 Å². The van der Waals surface area contributed by atoms with Crippen LogP contribution in [0.4, 0.5) is 5.69 Å². The summed E-state index contributed by atoms with van der Waals surface area (Å²) < 4.78 is 0. The van der Waals surface area contributed by atoms with Crippen molar-refractivity contribution in [2.75, 3.05) is 11.9 Å². The number of halogens is 1. The highest BCUT2D eigenvalue weighted by molar-refractivity contribution is 7.80. The van der Waals surface area contributed by atoms with E-state index in [1.165, 1.54) is 4.90 Å². The lowest BCUT2D eigenvalue weighted by Gasteiger charge is -2.20.